The number of anilines is 1. The van der Waals surface area contributed by atoms with Gasteiger partial charge in [-0.2, -0.15) is 23.4 Å². The maximum absolute atomic E-state index is 14.0. The number of amides is 2. The van der Waals surface area contributed by atoms with Crippen LogP contribution >= 0.6 is 0 Å². The minimum absolute atomic E-state index is 0.177. The molecule has 5 aromatic rings. The van der Waals surface area contributed by atoms with Crippen molar-refractivity contribution in [3.05, 3.63) is 70.9 Å². The number of nitrogens with zero attached hydrogens (tertiary/aromatic N) is 7. The molecule has 1 aliphatic carbocycles. The number of piperidine rings is 1. The number of carbonyl (C=O) groups is 3. The maximum Gasteiger partial charge on any atom is 0.433 e. The second kappa shape index (κ2) is 10.9. The molecule has 1 saturated heterocycles. The molecule has 1 aromatic carbocycles. The van der Waals surface area contributed by atoms with Gasteiger partial charge in [0.15, 0.2) is 11.4 Å². The molecule has 1 aliphatic heterocycles. The number of likely N-dealkylation sites (tertiary alicyclic amines) is 1. The van der Waals surface area contributed by atoms with Crippen LogP contribution in [0.4, 0.5) is 19.0 Å². The number of halogens is 3. The van der Waals surface area contributed by atoms with Crippen LogP contribution in [0, 0.1) is 19.3 Å². The van der Waals surface area contributed by atoms with Crippen molar-refractivity contribution in [2.75, 3.05) is 5.32 Å². The third-order valence-electron chi connectivity index (χ3n) is 9.37. The molecule has 2 amide bonds. The number of fused-ring (bicyclic) bond motifs is 3. The Labute approximate surface area is 271 Å². The van der Waals surface area contributed by atoms with E-state index in [0.29, 0.717) is 46.2 Å². The third-order valence-corrected chi connectivity index (χ3v) is 9.37. The first-order valence-electron chi connectivity index (χ1n) is 15.3. The van der Waals surface area contributed by atoms with E-state index in [9.17, 15) is 32.7 Å². The Morgan fingerprint density at radius 3 is 2.54 bits per heavy atom. The van der Waals surface area contributed by atoms with E-state index in [-0.39, 0.29) is 41.9 Å². The number of hydrogen-bond donors (Lipinski definition) is 2. The summed E-state index contributed by atoms with van der Waals surface area (Å²) in [5.41, 5.74) is 2.93. The second-order valence-electron chi connectivity index (χ2n) is 12.9. The molecule has 12 nitrogen and oxygen atoms in total. The number of benzene rings is 1. The number of nitrogens with one attached hydrogen (secondary N) is 1. The van der Waals surface area contributed by atoms with Crippen LogP contribution in [0.1, 0.15) is 59.7 Å². The lowest BCUT2D eigenvalue weighted by atomic mass is 10.0. The fraction of sp³-hybridized carbons (Fsp3) is 0.364. The molecule has 0 unspecified atom stereocenters. The molecule has 0 bridgehead atoms. The molecule has 4 aromatic heterocycles. The van der Waals surface area contributed by atoms with Crippen LogP contribution in [-0.2, 0) is 28.9 Å². The molecule has 15 heteroatoms. The fourth-order valence-electron chi connectivity index (χ4n) is 6.80. The number of aromatic nitrogens is 6. The smallest absolute Gasteiger partial charge is 0.390 e. The van der Waals surface area contributed by atoms with Crippen LogP contribution in [0.15, 0.2) is 42.7 Å². The van der Waals surface area contributed by atoms with E-state index >= 15 is 0 Å². The van der Waals surface area contributed by atoms with Crippen LogP contribution in [0.2, 0.25) is 0 Å². The Kier molecular flexibility index (Phi) is 7.16. The quantitative estimate of drug-likeness (QED) is 0.243. The number of hydrogen-bond acceptors (Lipinski definition) is 8. The number of Topliss-reactive ketones (excluding diaryl/α,β-unsaturated/α-hetero) is 1. The summed E-state index contributed by atoms with van der Waals surface area (Å²) in [6.07, 6.45) is -0.204. The number of ketones is 1. The summed E-state index contributed by atoms with van der Waals surface area (Å²) in [5, 5.41) is 21.4. The molecule has 5 heterocycles. The van der Waals surface area contributed by atoms with Gasteiger partial charge in [-0.25, -0.2) is 14.5 Å². The average Bonchev–Trinajstić information content (AvgIpc) is 3.32. The normalized spacial score (nSPS) is 20.4. The molecule has 7 rings (SSSR count). The molecule has 0 spiro atoms. The maximum atomic E-state index is 14.0. The molecular weight excluding hydrogens is 629 g/mol. The number of alkyl halides is 3. The summed E-state index contributed by atoms with van der Waals surface area (Å²) in [6, 6.07) is 6.33. The lowest BCUT2D eigenvalue weighted by molar-refractivity contribution is -0.141. The lowest BCUT2D eigenvalue weighted by Crippen LogP contribution is -2.47. The summed E-state index contributed by atoms with van der Waals surface area (Å²) < 4.78 is 43.0. The first-order valence-corrected chi connectivity index (χ1v) is 15.3. The van der Waals surface area contributed by atoms with Gasteiger partial charge in [-0.15, -0.1) is 0 Å². The largest absolute Gasteiger partial charge is 0.433 e. The first-order chi connectivity index (χ1) is 22.7. The van der Waals surface area contributed by atoms with Gasteiger partial charge in [-0.05, 0) is 67.0 Å². The number of aryl methyl sites for hydroxylation is 2. The van der Waals surface area contributed by atoms with Crippen molar-refractivity contribution in [3.8, 4) is 11.1 Å². The number of aliphatic hydroxyl groups is 1. The summed E-state index contributed by atoms with van der Waals surface area (Å²) in [5.74, 6) is -1.52. The SMILES string of the molecule is CC(=O)c1nn(CC(=O)N2[C@H](C(=O)Nc3nc(C(F)(F)F)ccc3C)C[C@@]3(C)C[C@@H]23)c2c(C)cc(-c3cnc4cc(CO)nn4c3)cc12. The Bertz CT molecular complexity index is 2170. The molecule has 248 valence electrons. The van der Waals surface area contributed by atoms with Crippen molar-refractivity contribution < 1.29 is 32.7 Å². The number of pyridine rings is 1. The minimum atomic E-state index is -4.68. The molecule has 2 aliphatic rings. The minimum Gasteiger partial charge on any atom is -0.390 e. The highest BCUT2D eigenvalue weighted by Crippen LogP contribution is 2.59. The van der Waals surface area contributed by atoms with Gasteiger partial charge < -0.3 is 15.3 Å². The van der Waals surface area contributed by atoms with E-state index in [0.717, 1.165) is 17.2 Å². The molecule has 48 heavy (non-hydrogen) atoms. The van der Waals surface area contributed by atoms with E-state index in [1.54, 1.807) is 36.0 Å². The zero-order valence-corrected chi connectivity index (χ0v) is 26.5. The fourth-order valence-corrected chi connectivity index (χ4v) is 6.80. The van der Waals surface area contributed by atoms with Gasteiger partial charge >= 0.3 is 6.18 Å². The third kappa shape index (κ3) is 5.27. The molecular formula is C33H31F3N8O4. The number of carbonyl (C=O) groups excluding carboxylic acids is 3. The van der Waals surface area contributed by atoms with Crippen molar-refractivity contribution >= 4 is 40.0 Å². The number of aliphatic hydroxyl groups excluding tert-OH is 1. The lowest BCUT2D eigenvalue weighted by Gasteiger charge is -2.27. The van der Waals surface area contributed by atoms with Crippen molar-refractivity contribution in [2.45, 2.75) is 71.9 Å². The summed E-state index contributed by atoms with van der Waals surface area (Å²) in [7, 11) is 0. The standard InChI is InChI=1S/C33H31F3N8O4/c1-16-5-6-24(33(34,35)36)38-30(16)39-31(48)23-10-32(4)11-25(32)44(23)27(47)14-43-29-17(2)7-19(8-22(29)28(41-43)18(3)46)20-12-37-26-9-21(15-45)40-42(26)13-20/h5-9,12-13,23,25,45H,10-11,14-15H2,1-4H3,(H,38,39,48)/t23-,25+,32-/m0/s1. The molecule has 3 atom stereocenters. The monoisotopic (exact) mass is 660 g/mol. The van der Waals surface area contributed by atoms with Crippen molar-refractivity contribution in [1.29, 1.82) is 0 Å². The van der Waals surface area contributed by atoms with E-state index < -0.39 is 29.7 Å². The Hall–Kier alpha value is -5.18. The van der Waals surface area contributed by atoms with E-state index in [2.05, 4.69) is 25.5 Å². The van der Waals surface area contributed by atoms with Gasteiger partial charge in [-0.1, -0.05) is 13.0 Å². The van der Waals surface area contributed by atoms with Gasteiger partial charge in [-0.3, -0.25) is 19.1 Å². The predicted molar refractivity (Wildman–Crippen MR) is 167 cm³/mol. The average molecular weight is 661 g/mol. The Morgan fingerprint density at radius 2 is 1.83 bits per heavy atom. The zero-order chi connectivity index (χ0) is 34.3. The highest BCUT2D eigenvalue weighted by atomic mass is 19.4. The predicted octanol–water partition coefficient (Wildman–Crippen LogP) is 4.49. The molecule has 0 radical (unpaired) electrons. The molecule has 2 fully saturated rings. The van der Waals surface area contributed by atoms with E-state index in [1.165, 1.54) is 22.6 Å². The van der Waals surface area contributed by atoms with Crippen LogP contribution in [0.3, 0.4) is 0 Å². The van der Waals surface area contributed by atoms with Crippen molar-refractivity contribution in [1.82, 2.24) is 34.3 Å². The highest BCUT2D eigenvalue weighted by Gasteiger charge is 2.64. The zero-order valence-electron chi connectivity index (χ0n) is 26.5. The van der Waals surface area contributed by atoms with Gasteiger partial charge in [0.05, 0.1) is 17.8 Å². The van der Waals surface area contributed by atoms with Crippen LogP contribution < -0.4 is 5.32 Å². The Morgan fingerprint density at radius 1 is 1.06 bits per heavy atom. The molecule has 1 saturated carbocycles. The second-order valence-corrected chi connectivity index (χ2v) is 12.9. The van der Waals surface area contributed by atoms with E-state index in [1.807, 2.05) is 19.9 Å². The van der Waals surface area contributed by atoms with Gasteiger partial charge in [0.1, 0.15) is 29.8 Å². The van der Waals surface area contributed by atoms with Gasteiger partial charge in [0.2, 0.25) is 11.8 Å². The van der Waals surface area contributed by atoms with Crippen LogP contribution in [0.5, 0.6) is 0 Å². The molecule has 2 N–H and O–H groups in total. The van der Waals surface area contributed by atoms with E-state index in [4.69, 9.17) is 0 Å². The first kappa shape index (κ1) is 31.4. The highest BCUT2D eigenvalue weighted by molar-refractivity contribution is 6.07. The Balaban J connectivity index is 1.19. The summed E-state index contributed by atoms with van der Waals surface area (Å²) >= 11 is 0. The van der Waals surface area contributed by atoms with Crippen molar-refractivity contribution in [2.24, 2.45) is 5.41 Å². The van der Waals surface area contributed by atoms with Crippen LogP contribution in [-0.4, -0.2) is 69.1 Å². The topological polar surface area (TPSA) is 148 Å². The van der Waals surface area contributed by atoms with Gasteiger partial charge in [0, 0.05) is 42.4 Å². The van der Waals surface area contributed by atoms with Crippen molar-refractivity contribution in [3.63, 3.8) is 0 Å². The van der Waals surface area contributed by atoms with Gasteiger partial charge in [0.25, 0.3) is 0 Å². The van der Waals surface area contributed by atoms with Crippen LogP contribution in [0.25, 0.3) is 27.7 Å². The summed E-state index contributed by atoms with van der Waals surface area (Å²) in [4.78, 5) is 49.8. The number of rotatable bonds is 7. The summed E-state index contributed by atoms with van der Waals surface area (Å²) in [6.45, 7) is 6.27.